The van der Waals surface area contributed by atoms with Gasteiger partial charge in [0.25, 0.3) is 5.91 Å². The van der Waals surface area contributed by atoms with Gasteiger partial charge in [-0.3, -0.25) is 4.79 Å². The van der Waals surface area contributed by atoms with E-state index in [-0.39, 0.29) is 23.4 Å². The van der Waals surface area contributed by atoms with E-state index in [4.69, 9.17) is 9.47 Å². The minimum Gasteiger partial charge on any atom is -0.493 e. The van der Waals surface area contributed by atoms with Crippen molar-refractivity contribution in [2.24, 2.45) is 5.92 Å². The SMILES string of the molecule is COc1ccc(NC(=O)NCC2CCN(C(=O)c3ccccc3F)CC2)cc1OC. The molecule has 3 amide bonds. The molecule has 1 heterocycles. The second-order valence-corrected chi connectivity index (χ2v) is 7.12. The van der Waals surface area contributed by atoms with Crippen molar-refractivity contribution in [3.05, 3.63) is 53.8 Å². The van der Waals surface area contributed by atoms with Crippen molar-refractivity contribution in [2.75, 3.05) is 39.2 Å². The van der Waals surface area contributed by atoms with E-state index in [0.29, 0.717) is 36.8 Å². The van der Waals surface area contributed by atoms with Crippen LogP contribution < -0.4 is 20.1 Å². The Kier molecular flexibility index (Phi) is 7.11. The number of nitrogens with zero attached hydrogens (tertiary/aromatic N) is 1. The van der Waals surface area contributed by atoms with Crippen LogP contribution in [0, 0.1) is 11.7 Å². The summed E-state index contributed by atoms with van der Waals surface area (Å²) >= 11 is 0. The Balaban J connectivity index is 1.45. The lowest BCUT2D eigenvalue weighted by molar-refractivity contribution is 0.0686. The van der Waals surface area contributed by atoms with Crippen LogP contribution in [0.1, 0.15) is 23.2 Å². The van der Waals surface area contributed by atoms with E-state index in [1.54, 1.807) is 42.3 Å². The lowest BCUT2D eigenvalue weighted by Crippen LogP contribution is -2.42. The molecule has 0 atom stereocenters. The topological polar surface area (TPSA) is 79.9 Å². The van der Waals surface area contributed by atoms with Gasteiger partial charge in [-0.05, 0) is 43.0 Å². The zero-order chi connectivity index (χ0) is 21.5. The molecule has 0 unspecified atom stereocenters. The Labute approximate surface area is 175 Å². The minimum atomic E-state index is -0.502. The predicted octanol–water partition coefficient (Wildman–Crippen LogP) is 3.52. The van der Waals surface area contributed by atoms with Crippen LogP contribution in [0.15, 0.2) is 42.5 Å². The molecular formula is C22H26FN3O4. The van der Waals surface area contributed by atoms with Crippen molar-refractivity contribution in [1.82, 2.24) is 10.2 Å². The van der Waals surface area contributed by atoms with Gasteiger partial charge in [-0.2, -0.15) is 0 Å². The summed E-state index contributed by atoms with van der Waals surface area (Å²) in [5, 5.41) is 5.64. The first kappa shape index (κ1) is 21.4. The average Bonchev–Trinajstić information content (AvgIpc) is 2.78. The standard InChI is InChI=1S/C22H26FN3O4/c1-29-19-8-7-16(13-20(19)30-2)25-22(28)24-14-15-9-11-26(12-10-15)21(27)17-5-3-4-6-18(17)23/h3-8,13,15H,9-12,14H2,1-2H3,(H2,24,25,28). The number of hydrogen-bond donors (Lipinski definition) is 2. The lowest BCUT2D eigenvalue weighted by Gasteiger charge is -2.32. The monoisotopic (exact) mass is 415 g/mol. The number of nitrogens with one attached hydrogen (secondary N) is 2. The highest BCUT2D eigenvalue weighted by Gasteiger charge is 2.25. The highest BCUT2D eigenvalue weighted by atomic mass is 19.1. The van der Waals surface area contributed by atoms with Crippen molar-refractivity contribution < 1.29 is 23.5 Å². The lowest BCUT2D eigenvalue weighted by atomic mass is 9.96. The van der Waals surface area contributed by atoms with Crippen LogP contribution in [0.4, 0.5) is 14.9 Å². The summed E-state index contributed by atoms with van der Waals surface area (Å²) < 4.78 is 24.2. The van der Waals surface area contributed by atoms with Crippen LogP contribution in [-0.2, 0) is 0 Å². The molecule has 1 aliphatic rings. The molecule has 0 saturated carbocycles. The van der Waals surface area contributed by atoms with Crippen LogP contribution in [0.25, 0.3) is 0 Å². The van der Waals surface area contributed by atoms with Crippen LogP contribution >= 0.6 is 0 Å². The molecular weight excluding hydrogens is 389 g/mol. The maximum atomic E-state index is 13.8. The second kappa shape index (κ2) is 9.96. The van der Waals surface area contributed by atoms with E-state index < -0.39 is 5.82 Å². The maximum Gasteiger partial charge on any atom is 0.319 e. The Bertz CT molecular complexity index is 898. The Morgan fingerprint density at radius 3 is 2.43 bits per heavy atom. The first-order valence-corrected chi connectivity index (χ1v) is 9.82. The summed E-state index contributed by atoms with van der Waals surface area (Å²) in [5.74, 6) is 0.581. The number of halogens is 1. The highest BCUT2D eigenvalue weighted by molar-refractivity contribution is 5.94. The van der Waals surface area contributed by atoms with Gasteiger partial charge >= 0.3 is 6.03 Å². The Hall–Kier alpha value is -3.29. The number of hydrogen-bond acceptors (Lipinski definition) is 4. The zero-order valence-corrected chi connectivity index (χ0v) is 17.1. The third-order valence-electron chi connectivity index (χ3n) is 5.20. The fraction of sp³-hybridized carbons (Fsp3) is 0.364. The van der Waals surface area contributed by atoms with E-state index in [1.165, 1.54) is 19.2 Å². The normalized spacial score (nSPS) is 14.2. The number of rotatable bonds is 6. The molecule has 0 spiro atoms. The molecule has 2 N–H and O–H groups in total. The number of carbonyl (C=O) groups excluding carboxylic acids is 2. The maximum absolute atomic E-state index is 13.8. The summed E-state index contributed by atoms with van der Waals surface area (Å²) in [7, 11) is 3.08. The molecule has 3 rings (SSSR count). The number of benzene rings is 2. The van der Waals surface area contributed by atoms with Crippen molar-refractivity contribution >= 4 is 17.6 Å². The van der Waals surface area contributed by atoms with E-state index in [1.807, 2.05) is 0 Å². The molecule has 0 radical (unpaired) electrons. The van der Waals surface area contributed by atoms with Gasteiger partial charge in [0.05, 0.1) is 19.8 Å². The molecule has 1 aliphatic heterocycles. The summed E-state index contributed by atoms with van der Waals surface area (Å²) in [4.78, 5) is 26.4. The highest BCUT2D eigenvalue weighted by Crippen LogP contribution is 2.29. The first-order valence-electron chi connectivity index (χ1n) is 9.82. The summed E-state index contributed by atoms with van der Waals surface area (Å²) in [6.45, 7) is 1.58. The fourth-order valence-electron chi connectivity index (χ4n) is 3.47. The summed E-state index contributed by atoms with van der Waals surface area (Å²) in [6, 6.07) is 10.8. The largest absolute Gasteiger partial charge is 0.493 e. The van der Waals surface area contributed by atoms with Crippen molar-refractivity contribution in [2.45, 2.75) is 12.8 Å². The van der Waals surface area contributed by atoms with Crippen molar-refractivity contribution in [3.63, 3.8) is 0 Å². The zero-order valence-electron chi connectivity index (χ0n) is 17.1. The van der Waals surface area contributed by atoms with Crippen LogP contribution in [0.3, 0.4) is 0 Å². The fourth-order valence-corrected chi connectivity index (χ4v) is 3.47. The van der Waals surface area contributed by atoms with Gasteiger partial charge in [-0.1, -0.05) is 12.1 Å². The number of anilines is 1. The third-order valence-corrected chi connectivity index (χ3v) is 5.20. The van der Waals surface area contributed by atoms with Gasteiger partial charge in [0.2, 0.25) is 0 Å². The molecule has 30 heavy (non-hydrogen) atoms. The quantitative estimate of drug-likeness (QED) is 0.757. The van der Waals surface area contributed by atoms with E-state index in [2.05, 4.69) is 10.6 Å². The summed E-state index contributed by atoms with van der Waals surface area (Å²) in [6.07, 6.45) is 1.49. The molecule has 2 aromatic carbocycles. The molecule has 7 nitrogen and oxygen atoms in total. The van der Waals surface area contributed by atoms with E-state index >= 15 is 0 Å². The second-order valence-electron chi connectivity index (χ2n) is 7.12. The van der Waals surface area contributed by atoms with E-state index in [9.17, 15) is 14.0 Å². The Morgan fingerprint density at radius 1 is 1.07 bits per heavy atom. The molecule has 160 valence electrons. The molecule has 0 bridgehead atoms. The number of urea groups is 1. The van der Waals surface area contributed by atoms with Gasteiger partial charge in [0, 0.05) is 31.4 Å². The summed E-state index contributed by atoms with van der Waals surface area (Å²) in [5.41, 5.74) is 0.693. The molecule has 0 aromatic heterocycles. The van der Waals surface area contributed by atoms with Gasteiger partial charge in [0.15, 0.2) is 11.5 Å². The van der Waals surface area contributed by atoms with Crippen LogP contribution in [0.2, 0.25) is 0 Å². The van der Waals surface area contributed by atoms with Crippen molar-refractivity contribution in [1.29, 1.82) is 0 Å². The van der Waals surface area contributed by atoms with Crippen LogP contribution in [-0.4, -0.2) is 50.7 Å². The predicted molar refractivity (Wildman–Crippen MR) is 112 cm³/mol. The van der Waals surface area contributed by atoms with E-state index in [0.717, 1.165) is 12.8 Å². The van der Waals surface area contributed by atoms with Gasteiger partial charge in [0.1, 0.15) is 5.82 Å². The number of piperidine rings is 1. The number of carbonyl (C=O) groups is 2. The first-order chi connectivity index (χ1) is 14.5. The third kappa shape index (κ3) is 5.20. The molecule has 1 saturated heterocycles. The smallest absolute Gasteiger partial charge is 0.319 e. The van der Waals surface area contributed by atoms with Gasteiger partial charge in [-0.25, -0.2) is 9.18 Å². The minimum absolute atomic E-state index is 0.100. The van der Waals surface area contributed by atoms with Gasteiger partial charge in [-0.15, -0.1) is 0 Å². The van der Waals surface area contributed by atoms with Crippen molar-refractivity contribution in [3.8, 4) is 11.5 Å². The molecule has 0 aliphatic carbocycles. The number of methoxy groups -OCH3 is 2. The molecule has 8 heteroatoms. The molecule has 2 aromatic rings. The number of ether oxygens (including phenoxy) is 2. The Morgan fingerprint density at radius 2 is 1.77 bits per heavy atom. The molecule has 1 fully saturated rings. The number of likely N-dealkylation sites (tertiary alicyclic amines) is 1. The van der Waals surface area contributed by atoms with Gasteiger partial charge < -0.3 is 25.0 Å². The number of amides is 3. The van der Waals surface area contributed by atoms with Crippen LogP contribution in [0.5, 0.6) is 11.5 Å². The average molecular weight is 415 g/mol.